The second kappa shape index (κ2) is 3.94. The van der Waals surface area contributed by atoms with Crippen molar-refractivity contribution in [1.82, 2.24) is 5.32 Å². The van der Waals surface area contributed by atoms with Crippen LogP contribution in [0.5, 0.6) is 0 Å². The second-order valence-electron chi connectivity index (χ2n) is 3.75. The summed E-state index contributed by atoms with van der Waals surface area (Å²) in [4.78, 5) is 11.3. The molecule has 0 unspecified atom stereocenters. The summed E-state index contributed by atoms with van der Waals surface area (Å²) in [6.07, 6.45) is 1.56. The third kappa shape index (κ3) is 1.79. The van der Waals surface area contributed by atoms with Crippen LogP contribution in [0.25, 0.3) is 0 Å². The Hall–Kier alpha value is -0.870. The van der Waals surface area contributed by atoms with Gasteiger partial charge in [0.25, 0.3) is 0 Å². The standard InChI is InChI=1S/C11H12BrNO2/c12-9-4-2-8(3-5-9)11(10(14)15)6-1-7-13-11/h2-5,13H,1,6-7H2,(H,14,15)/t11-/m1/s1. The van der Waals surface area contributed by atoms with Gasteiger partial charge >= 0.3 is 5.97 Å². The zero-order valence-electron chi connectivity index (χ0n) is 8.16. The summed E-state index contributed by atoms with van der Waals surface area (Å²) in [6.45, 7) is 0.766. The van der Waals surface area contributed by atoms with E-state index in [9.17, 15) is 9.90 Å². The van der Waals surface area contributed by atoms with E-state index < -0.39 is 11.5 Å². The molecule has 2 N–H and O–H groups in total. The molecule has 4 heteroatoms. The highest BCUT2D eigenvalue weighted by molar-refractivity contribution is 9.10. The molecular weight excluding hydrogens is 258 g/mol. The SMILES string of the molecule is O=C(O)[C@]1(c2ccc(Br)cc2)CCCN1. The molecule has 15 heavy (non-hydrogen) atoms. The summed E-state index contributed by atoms with van der Waals surface area (Å²) in [5, 5.41) is 12.4. The molecule has 0 aliphatic carbocycles. The predicted octanol–water partition coefficient (Wildman–Crippen LogP) is 2.11. The topological polar surface area (TPSA) is 49.3 Å². The molecule has 1 heterocycles. The molecule has 1 aromatic carbocycles. The summed E-state index contributed by atoms with van der Waals surface area (Å²) in [5.41, 5.74) is -0.0450. The number of benzene rings is 1. The van der Waals surface area contributed by atoms with Crippen molar-refractivity contribution in [2.24, 2.45) is 0 Å². The van der Waals surface area contributed by atoms with Crippen LogP contribution in [-0.4, -0.2) is 17.6 Å². The number of nitrogens with one attached hydrogen (secondary N) is 1. The van der Waals surface area contributed by atoms with E-state index in [0.29, 0.717) is 6.42 Å². The highest BCUT2D eigenvalue weighted by Gasteiger charge is 2.42. The summed E-state index contributed by atoms with van der Waals surface area (Å²) in [7, 11) is 0. The Morgan fingerprint density at radius 1 is 1.40 bits per heavy atom. The summed E-state index contributed by atoms with van der Waals surface area (Å²) in [6, 6.07) is 7.47. The van der Waals surface area contributed by atoms with Crippen molar-refractivity contribution >= 4 is 21.9 Å². The van der Waals surface area contributed by atoms with Gasteiger partial charge < -0.3 is 5.11 Å². The maximum absolute atomic E-state index is 11.3. The highest BCUT2D eigenvalue weighted by Crippen LogP contribution is 2.31. The van der Waals surface area contributed by atoms with Gasteiger partial charge in [0, 0.05) is 4.47 Å². The van der Waals surface area contributed by atoms with Crippen molar-refractivity contribution < 1.29 is 9.90 Å². The van der Waals surface area contributed by atoms with E-state index in [2.05, 4.69) is 21.2 Å². The third-order valence-electron chi connectivity index (χ3n) is 2.86. The lowest BCUT2D eigenvalue weighted by molar-refractivity contribution is -0.144. The number of carboxylic acid groups (broad SMARTS) is 1. The molecule has 1 fully saturated rings. The predicted molar refractivity (Wildman–Crippen MR) is 60.7 cm³/mol. The minimum atomic E-state index is -0.874. The first kappa shape index (κ1) is 10.6. The van der Waals surface area contributed by atoms with Gasteiger partial charge in [-0.25, -0.2) is 4.79 Å². The molecule has 1 aliphatic heterocycles. The van der Waals surface area contributed by atoms with Crippen LogP contribution in [0.15, 0.2) is 28.7 Å². The maximum Gasteiger partial charge on any atom is 0.328 e. The number of hydrogen-bond donors (Lipinski definition) is 2. The zero-order valence-corrected chi connectivity index (χ0v) is 9.75. The molecule has 0 bridgehead atoms. The number of halogens is 1. The van der Waals surface area contributed by atoms with Gasteiger partial charge in [-0.2, -0.15) is 0 Å². The van der Waals surface area contributed by atoms with E-state index in [-0.39, 0.29) is 0 Å². The molecule has 0 saturated carbocycles. The first-order valence-corrected chi connectivity index (χ1v) is 5.69. The summed E-state index contributed by atoms with van der Waals surface area (Å²) < 4.78 is 0.963. The Labute approximate surface area is 96.6 Å². The zero-order chi connectivity index (χ0) is 10.9. The Kier molecular flexibility index (Phi) is 2.80. The van der Waals surface area contributed by atoms with Gasteiger partial charge in [-0.05, 0) is 37.1 Å². The number of carbonyl (C=O) groups is 1. The molecule has 3 nitrogen and oxygen atoms in total. The van der Waals surface area contributed by atoms with E-state index in [1.54, 1.807) is 0 Å². The lowest BCUT2D eigenvalue weighted by Gasteiger charge is -2.24. The lowest BCUT2D eigenvalue weighted by atomic mass is 9.88. The lowest BCUT2D eigenvalue weighted by Crippen LogP contribution is -2.44. The molecule has 1 saturated heterocycles. The largest absolute Gasteiger partial charge is 0.480 e. The summed E-state index contributed by atoms with van der Waals surface area (Å²) in [5.74, 6) is -0.790. The third-order valence-corrected chi connectivity index (χ3v) is 3.39. The van der Waals surface area contributed by atoms with Gasteiger partial charge in [-0.15, -0.1) is 0 Å². The van der Waals surface area contributed by atoms with Crippen molar-refractivity contribution in [3.63, 3.8) is 0 Å². The highest BCUT2D eigenvalue weighted by atomic mass is 79.9. The van der Waals surface area contributed by atoms with Crippen LogP contribution in [0.4, 0.5) is 0 Å². The number of rotatable bonds is 2. The molecule has 80 valence electrons. The molecule has 2 rings (SSSR count). The minimum Gasteiger partial charge on any atom is -0.480 e. The molecule has 0 radical (unpaired) electrons. The van der Waals surface area contributed by atoms with Crippen LogP contribution in [0.2, 0.25) is 0 Å². The molecule has 1 atom stereocenters. The van der Waals surface area contributed by atoms with E-state index in [0.717, 1.165) is 23.0 Å². The molecule has 1 aliphatic rings. The maximum atomic E-state index is 11.3. The first-order chi connectivity index (χ1) is 7.15. The van der Waals surface area contributed by atoms with Crippen LogP contribution in [0.3, 0.4) is 0 Å². The Morgan fingerprint density at radius 3 is 2.53 bits per heavy atom. The van der Waals surface area contributed by atoms with Crippen molar-refractivity contribution in [3.8, 4) is 0 Å². The monoisotopic (exact) mass is 269 g/mol. The van der Waals surface area contributed by atoms with Gasteiger partial charge in [0.15, 0.2) is 0 Å². The fraction of sp³-hybridized carbons (Fsp3) is 0.364. The van der Waals surface area contributed by atoms with Crippen LogP contribution >= 0.6 is 15.9 Å². The quantitative estimate of drug-likeness (QED) is 0.865. The fourth-order valence-corrected chi connectivity index (χ4v) is 2.29. The number of carboxylic acids is 1. The van der Waals surface area contributed by atoms with Crippen molar-refractivity contribution in [1.29, 1.82) is 0 Å². The smallest absolute Gasteiger partial charge is 0.328 e. The molecule has 1 aromatic rings. The average Bonchev–Trinajstić information content (AvgIpc) is 2.69. The van der Waals surface area contributed by atoms with Gasteiger partial charge in [0.1, 0.15) is 5.54 Å². The van der Waals surface area contributed by atoms with Gasteiger partial charge in [-0.3, -0.25) is 5.32 Å². The molecule has 0 spiro atoms. The Balaban J connectivity index is 2.41. The Bertz CT molecular complexity index is 369. The van der Waals surface area contributed by atoms with Gasteiger partial charge in [-0.1, -0.05) is 28.1 Å². The van der Waals surface area contributed by atoms with Crippen LogP contribution < -0.4 is 5.32 Å². The van der Waals surface area contributed by atoms with Crippen LogP contribution in [-0.2, 0) is 10.3 Å². The summed E-state index contributed by atoms with van der Waals surface area (Å²) >= 11 is 3.34. The van der Waals surface area contributed by atoms with E-state index in [4.69, 9.17) is 0 Å². The van der Waals surface area contributed by atoms with Gasteiger partial charge in [0.2, 0.25) is 0 Å². The van der Waals surface area contributed by atoms with Gasteiger partial charge in [0.05, 0.1) is 0 Å². The Morgan fingerprint density at radius 2 is 2.07 bits per heavy atom. The first-order valence-electron chi connectivity index (χ1n) is 4.90. The normalized spacial score (nSPS) is 25.4. The minimum absolute atomic E-state index is 0.657. The van der Waals surface area contributed by atoms with Crippen molar-refractivity contribution in [2.75, 3.05) is 6.54 Å². The van der Waals surface area contributed by atoms with Crippen LogP contribution in [0, 0.1) is 0 Å². The number of hydrogen-bond acceptors (Lipinski definition) is 2. The van der Waals surface area contributed by atoms with E-state index in [1.807, 2.05) is 24.3 Å². The van der Waals surface area contributed by atoms with Crippen molar-refractivity contribution in [3.05, 3.63) is 34.3 Å². The van der Waals surface area contributed by atoms with Crippen molar-refractivity contribution in [2.45, 2.75) is 18.4 Å². The number of aliphatic carboxylic acids is 1. The fourth-order valence-electron chi connectivity index (χ4n) is 2.03. The molecule has 0 aromatic heterocycles. The van der Waals surface area contributed by atoms with E-state index >= 15 is 0 Å². The average molecular weight is 270 g/mol. The van der Waals surface area contributed by atoms with E-state index in [1.165, 1.54) is 0 Å². The molecular formula is C11H12BrNO2. The second-order valence-corrected chi connectivity index (χ2v) is 4.66. The molecule has 0 amide bonds. The van der Waals surface area contributed by atoms with Crippen LogP contribution in [0.1, 0.15) is 18.4 Å².